The van der Waals surface area contributed by atoms with Crippen molar-refractivity contribution in [2.24, 2.45) is 0 Å². The molecule has 0 aromatic heterocycles. The van der Waals surface area contributed by atoms with E-state index in [0.717, 1.165) is 38.5 Å². The van der Waals surface area contributed by atoms with E-state index in [4.69, 9.17) is 0 Å². The van der Waals surface area contributed by atoms with E-state index in [1.807, 2.05) is 0 Å². The van der Waals surface area contributed by atoms with Crippen LogP contribution in [-0.4, -0.2) is 35.5 Å². The number of aliphatic carboxylic acids is 1. The molecule has 48 heavy (non-hydrogen) atoms. The molecule has 0 aliphatic carbocycles. The Morgan fingerprint density at radius 1 is 0.479 bits per heavy atom. The van der Waals surface area contributed by atoms with Crippen molar-refractivity contribution in [2.75, 3.05) is 6.54 Å². The molecule has 0 aliphatic heterocycles. The molecule has 0 radical (unpaired) electrons. The molecule has 1 unspecified atom stereocenters. The molecular weight excluding hydrogens is 596 g/mol. The minimum atomic E-state index is -0.985. The average Bonchev–Trinajstić information content (AvgIpc) is 3.07. The topological polar surface area (TPSA) is 95.5 Å². The predicted molar refractivity (Wildman–Crippen MR) is 205 cm³/mol. The molecule has 0 bridgehead atoms. The number of amides is 2. The van der Waals surface area contributed by atoms with Crippen LogP contribution in [0.2, 0.25) is 0 Å². The summed E-state index contributed by atoms with van der Waals surface area (Å²) in [6.45, 7) is 5.07. The molecule has 2 amide bonds. The first kappa shape index (κ1) is 45.9. The van der Waals surface area contributed by atoms with Crippen LogP contribution in [0.25, 0.3) is 0 Å². The van der Waals surface area contributed by atoms with Crippen molar-refractivity contribution in [3.8, 4) is 0 Å². The fraction of sp³-hybridized carbons (Fsp3) is 0.833. The number of allylic oxidation sites excluding steroid dienone is 4. The van der Waals surface area contributed by atoms with E-state index in [9.17, 15) is 19.5 Å². The first-order valence-electron chi connectivity index (χ1n) is 20.6. The largest absolute Gasteiger partial charge is 0.480 e. The number of rotatable bonds is 37. The summed E-state index contributed by atoms with van der Waals surface area (Å²) in [4.78, 5) is 36.1. The Morgan fingerprint density at radius 3 is 1.27 bits per heavy atom. The van der Waals surface area contributed by atoms with E-state index in [1.54, 1.807) is 0 Å². The summed E-state index contributed by atoms with van der Waals surface area (Å²) in [5.74, 6) is -1.08. The molecule has 0 aromatic carbocycles. The Morgan fingerprint density at radius 2 is 0.854 bits per heavy atom. The molecule has 6 nitrogen and oxygen atoms in total. The number of carboxylic acid groups (broad SMARTS) is 1. The van der Waals surface area contributed by atoms with E-state index in [0.29, 0.717) is 38.6 Å². The molecule has 0 saturated heterocycles. The van der Waals surface area contributed by atoms with Crippen LogP contribution < -0.4 is 10.6 Å². The van der Waals surface area contributed by atoms with Crippen LogP contribution in [0.3, 0.4) is 0 Å². The van der Waals surface area contributed by atoms with Crippen molar-refractivity contribution < 1.29 is 19.5 Å². The highest BCUT2D eigenvalue weighted by atomic mass is 16.4. The zero-order chi connectivity index (χ0) is 35.2. The Hall–Kier alpha value is -2.11. The second-order valence-corrected chi connectivity index (χ2v) is 14.0. The summed E-state index contributed by atoms with van der Waals surface area (Å²) in [5, 5.41) is 15.2. The van der Waals surface area contributed by atoms with E-state index < -0.39 is 12.0 Å². The molecule has 0 aromatic rings. The smallest absolute Gasteiger partial charge is 0.326 e. The molecule has 280 valence electrons. The number of hydrogen-bond acceptors (Lipinski definition) is 3. The third kappa shape index (κ3) is 35.2. The summed E-state index contributed by atoms with van der Waals surface area (Å²) >= 11 is 0. The number of carbonyl (C=O) groups excluding carboxylic acids is 2. The normalized spacial score (nSPS) is 12.2. The molecule has 1 atom stereocenters. The van der Waals surface area contributed by atoms with Gasteiger partial charge in [0.25, 0.3) is 0 Å². The quantitative estimate of drug-likeness (QED) is 0.0451. The lowest BCUT2D eigenvalue weighted by atomic mass is 10.1. The first-order chi connectivity index (χ1) is 23.5. The Balaban J connectivity index is 3.64. The van der Waals surface area contributed by atoms with Gasteiger partial charge in [-0.25, -0.2) is 4.79 Å². The van der Waals surface area contributed by atoms with Gasteiger partial charge in [-0.05, 0) is 83.5 Å². The Kier molecular flexibility index (Phi) is 36.0. The van der Waals surface area contributed by atoms with Gasteiger partial charge in [0.1, 0.15) is 6.04 Å². The average molecular weight is 675 g/mol. The molecule has 0 fully saturated rings. The highest BCUT2D eigenvalue weighted by molar-refractivity contribution is 5.83. The van der Waals surface area contributed by atoms with Gasteiger partial charge < -0.3 is 15.7 Å². The lowest BCUT2D eigenvalue weighted by molar-refractivity contribution is -0.142. The molecular formula is C42H78N2O4. The van der Waals surface area contributed by atoms with E-state index >= 15 is 0 Å². The lowest BCUT2D eigenvalue weighted by Crippen LogP contribution is -2.40. The monoisotopic (exact) mass is 675 g/mol. The molecule has 3 N–H and O–H groups in total. The minimum Gasteiger partial charge on any atom is -0.480 e. The number of unbranched alkanes of at least 4 members (excludes halogenated alkanes) is 23. The van der Waals surface area contributed by atoms with Crippen LogP contribution in [-0.2, 0) is 14.4 Å². The fourth-order valence-corrected chi connectivity index (χ4v) is 6.03. The van der Waals surface area contributed by atoms with Crippen LogP contribution >= 0.6 is 0 Å². The molecule has 0 aliphatic rings. The predicted octanol–water partition coefficient (Wildman–Crippen LogP) is 11.9. The van der Waals surface area contributed by atoms with Crippen molar-refractivity contribution in [3.05, 3.63) is 24.3 Å². The summed E-state index contributed by atoms with van der Waals surface area (Å²) in [6.07, 6.45) is 43.9. The summed E-state index contributed by atoms with van der Waals surface area (Å²) in [5.41, 5.74) is 0. The van der Waals surface area contributed by atoms with E-state index in [-0.39, 0.29) is 11.8 Å². The van der Waals surface area contributed by atoms with Gasteiger partial charge in [0.15, 0.2) is 0 Å². The van der Waals surface area contributed by atoms with Crippen LogP contribution in [0, 0.1) is 0 Å². The SMILES string of the molecule is CCCCCCCCC=CCCCCCCCC(=O)NCCCCC(NC(=O)CCCCCCCC=CCCCCCCCC)C(=O)O. The molecule has 6 heteroatoms. The minimum absolute atomic E-state index is 0.0793. The number of carboxylic acids is 1. The van der Waals surface area contributed by atoms with Crippen molar-refractivity contribution in [1.29, 1.82) is 0 Å². The molecule has 0 spiro atoms. The molecule has 0 heterocycles. The van der Waals surface area contributed by atoms with Gasteiger partial charge in [-0.2, -0.15) is 0 Å². The van der Waals surface area contributed by atoms with Crippen molar-refractivity contribution in [1.82, 2.24) is 10.6 Å². The number of hydrogen-bond donors (Lipinski definition) is 3. The highest BCUT2D eigenvalue weighted by Crippen LogP contribution is 2.12. The zero-order valence-electron chi connectivity index (χ0n) is 31.7. The van der Waals surface area contributed by atoms with Crippen molar-refractivity contribution >= 4 is 17.8 Å². The van der Waals surface area contributed by atoms with Gasteiger partial charge in [-0.1, -0.05) is 141 Å². The van der Waals surface area contributed by atoms with Crippen LogP contribution in [0.1, 0.15) is 213 Å². The van der Waals surface area contributed by atoms with Gasteiger partial charge >= 0.3 is 5.97 Å². The third-order valence-corrected chi connectivity index (χ3v) is 9.21. The highest BCUT2D eigenvalue weighted by Gasteiger charge is 2.19. The van der Waals surface area contributed by atoms with Crippen LogP contribution in [0.15, 0.2) is 24.3 Å². The third-order valence-electron chi connectivity index (χ3n) is 9.21. The standard InChI is InChI=1S/C42H78N2O4/c1-3-5-7-9-11-13-15-17-19-21-23-25-27-29-31-36-40(45)43-38-34-33-35-39(42(47)48)44-41(46)37-32-30-28-26-24-22-20-18-16-14-12-10-8-6-4-2/h17-20,39H,3-16,21-38H2,1-2H3,(H,43,45)(H,44,46)(H,47,48). The molecule has 0 rings (SSSR count). The van der Waals surface area contributed by atoms with E-state index in [2.05, 4.69) is 48.8 Å². The second-order valence-electron chi connectivity index (χ2n) is 14.0. The number of carbonyl (C=O) groups is 3. The lowest BCUT2D eigenvalue weighted by Gasteiger charge is -2.14. The van der Waals surface area contributed by atoms with Crippen LogP contribution in [0.5, 0.6) is 0 Å². The summed E-state index contributed by atoms with van der Waals surface area (Å²) < 4.78 is 0. The maximum atomic E-state index is 12.3. The van der Waals surface area contributed by atoms with Gasteiger partial charge in [0, 0.05) is 19.4 Å². The van der Waals surface area contributed by atoms with Gasteiger partial charge in [-0.3, -0.25) is 9.59 Å². The first-order valence-corrected chi connectivity index (χ1v) is 20.6. The number of nitrogens with one attached hydrogen (secondary N) is 2. The van der Waals surface area contributed by atoms with Gasteiger partial charge in [0.2, 0.25) is 11.8 Å². The van der Waals surface area contributed by atoms with Crippen LogP contribution in [0.4, 0.5) is 0 Å². The zero-order valence-corrected chi connectivity index (χ0v) is 31.7. The van der Waals surface area contributed by atoms with E-state index in [1.165, 1.54) is 128 Å². The maximum absolute atomic E-state index is 12.3. The fourth-order valence-electron chi connectivity index (χ4n) is 6.03. The summed E-state index contributed by atoms with van der Waals surface area (Å²) in [7, 11) is 0. The Labute approximate surface area is 297 Å². The Bertz CT molecular complexity index is 795. The maximum Gasteiger partial charge on any atom is 0.326 e. The molecule has 0 saturated carbocycles. The van der Waals surface area contributed by atoms with Gasteiger partial charge in [0.05, 0.1) is 0 Å². The second kappa shape index (κ2) is 37.7. The summed E-state index contributed by atoms with van der Waals surface area (Å²) in [6, 6.07) is -0.854. The van der Waals surface area contributed by atoms with Crippen molar-refractivity contribution in [3.63, 3.8) is 0 Å². The van der Waals surface area contributed by atoms with Crippen molar-refractivity contribution in [2.45, 2.75) is 219 Å². The van der Waals surface area contributed by atoms with Gasteiger partial charge in [-0.15, -0.1) is 0 Å².